The van der Waals surface area contributed by atoms with Crippen LogP contribution in [0.1, 0.15) is 16.7 Å². The Morgan fingerprint density at radius 3 is 2.69 bits per heavy atom. The normalized spacial score (nSPS) is 11.7. The lowest BCUT2D eigenvalue weighted by Crippen LogP contribution is -2.15. The van der Waals surface area contributed by atoms with Crippen molar-refractivity contribution in [1.29, 1.82) is 0 Å². The Balaban J connectivity index is 2.90. The molecule has 0 amide bonds. The molecule has 3 heteroatoms. The molecule has 3 N–H and O–H groups in total. The number of aryl methyl sites for hydroxylation is 2. The van der Waals surface area contributed by atoms with Gasteiger partial charge in [0.2, 0.25) is 0 Å². The predicted molar refractivity (Wildman–Crippen MR) is 53.0 cm³/mol. The summed E-state index contributed by atoms with van der Waals surface area (Å²) in [6.07, 6.45) is 0.503. The lowest BCUT2D eigenvalue weighted by atomic mass is 10.0. The molecule has 0 bridgehead atoms. The Morgan fingerprint density at radius 2 is 2.15 bits per heavy atom. The molecule has 0 radical (unpaired) electrons. The van der Waals surface area contributed by atoms with Gasteiger partial charge in [-0.1, -0.05) is 28.9 Å². The molecule has 0 aliphatic carbocycles. The summed E-state index contributed by atoms with van der Waals surface area (Å²) in [4.78, 5) is 0. The van der Waals surface area contributed by atoms with E-state index in [1.54, 1.807) is 0 Å². The molecule has 1 rings (SSSR count). The highest BCUT2D eigenvalue weighted by Crippen LogP contribution is 2.10. The van der Waals surface area contributed by atoms with Gasteiger partial charge in [0, 0.05) is 6.42 Å². The fourth-order valence-electron chi connectivity index (χ4n) is 1.27. The molecule has 0 saturated carbocycles. The SMILES string of the molecule is Cc1ccc(C/C(N)=N/O)c(C)c1. The predicted octanol–water partition coefficient (Wildman–Crippen LogP) is 1.59. The first kappa shape index (κ1) is 9.58. The zero-order chi connectivity index (χ0) is 9.84. The minimum absolute atomic E-state index is 0.243. The molecule has 1 aromatic rings. The molecule has 0 unspecified atom stereocenters. The summed E-state index contributed by atoms with van der Waals surface area (Å²) in [7, 11) is 0. The zero-order valence-corrected chi connectivity index (χ0v) is 7.91. The van der Waals surface area contributed by atoms with Gasteiger partial charge in [-0.15, -0.1) is 0 Å². The molecule has 0 saturated heterocycles. The number of rotatable bonds is 2. The maximum absolute atomic E-state index is 8.40. The lowest BCUT2D eigenvalue weighted by Gasteiger charge is -2.05. The van der Waals surface area contributed by atoms with Crippen molar-refractivity contribution in [1.82, 2.24) is 0 Å². The van der Waals surface area contributed by atoms with Gasteiger partial charge in [0.15, 0.2) is 0 Å². The first-order valence-corrected chi connectivity index (χ1v) is 4.16. The molecule has 70 valence electrons. The third-order valence-corrected chi connectivity index (χ3v) is 2.00. The summed E-state index contributed by atoms with van der Waals surface area (Å²) >= 11 is 0. The van der Waals surface area contributed by atoms with E-state index in [9.17, 15) is 0 Å². The number of nitrogens with two attached hydrogens (primary N) is 1. The van der Waals surface area contributed by atoms with Crippen molar-refractivity contribution in [3.05, 3.63) is 34.9 Å². The van der Waals surface area contributed by atoms with Crippen LogP contribution in [-0.2, 0) is 6.42 Å². The van der Waals surface area contributed by atoms with Gasteiger partial charge < -0.3 is 10.9 Å². The summed E-state index contributed by atoms with van der Waals surface area (Å²) in [5.41, 5.74) is 8.91. The second-order valence-corrected chi connectivity index (χ2v) is 3.20. The smallest absolute Gasteiger partial charge is 0.143 e. The number of benzene rings is 1. The largest absolute Gasteiger partial charge is 0.409 e. The molecule has 1 aromatic carbocycles. The van der Waals surface area contributed by atoms with E-state index in [1.807, 2.05) is 26.0 Å². The Hall–Kier alpha value is -1.51. The van der Waals surface area contributed by atoms with Gasteiger partial charge in [-0.2, -0.15) is 0 Å². The molecule has 0 aliphatic heterocycles. The summed E-state index contributed by atoms with van der Waals surface area (Å²) < 4.78 is 0. The van der Waals surface area contributed by atoms with Crippen molar-refractivity contribution in [3.8, 4) is 0 Å². The molecule has 0 heterocycles. The number of oxime groups is 1. The van der Waals surface area contributed by atoms with Gasteiger partial charge >= 0.3 is 0 Å². The summed E-state index contributed by atoms with van der Waals surface area (Å²) in [5, 5.41) is 11.3. The molecule has 0 fully saturated rings. The highest BCUT2D eigenvalue weighted by Gasteiger charge is 2.00. The second-order valence-electron chi connectivity index (χ2n) is 3.20. The van der Waals surface area contributed by atoms with Crippen molar-refractivity contribution in [3.63, 3.8) is 0 Å². The van der Waals surface area contributed by atoms with E-state index in [2.05, 4.69) is 11.2 Å². The lowest BCUT2D eigenvalue weighted by molar-refractivity contribution is 0.317. The van der Waals surface area contributed by atoms with Gasteiger partial charge in [-0.05, 0) is 25.0 Å². The van der Waals surface area contributed by atoms with Crippen molar-refractivity contribution < 1.29 is 5.21 Å². The van der Waals surface area contributed by atoms with Gasteiger partial charge in [0.1, 0.15) is 5.84 Å². The van der Waals surface area contributed by atoms with Gasteiger partial charge in [0.05, 0.1) is 0 Å². The topological polar surface area (TPSA) is 58.6 Å². The number of nitrogens with zero attached hydrogens (tertiary/aromatic N) is 1. The third-order valence-electron chi connectivity index (χ3n) is 2.00. The fourth-order valence-corrected chi connectivity index (χ4v) is 1.27. The number of hydrogen-bond acceptors (Lipinski definition) is 2. The number of amidine groups is 1. The van der Waals surface area contributed by atoms with E-state index in [1.165, 1.54) is 11.1 Å². The van der Waals surface area contributed by atoms with E-state index in [4.69, 9.17) is 10.9 Å². The fraction of sp³-hybridized carbons (Fsp3) is 0.300. The van der Waals surface area contributed by atoms with Gasteiger partial charge in [-0.3, -0.25) is 0 Å². The van der Waals surface area contributed by atoms with Crippen LogP contribution in [0, 0.1) is 13.8 Å². The molecule has 3 nitrogen and oxygen atoms in total. The van der Waals surface area contributed by atoms with Crippen LogP contribution in [0.2, 0.25) is 0 Å². The van der Waals surface area contributed by atoms with Crippen LogP contribution in [0.5, 0.6) is 0 Å². The Kier molecular flexibility index (Phi) is 2.90. The van der Waals surface area contributed by atoms with Crippen LogP contribution in [0.3, 0.4) is 0 Å². The standard InChI is InChI=1S/C10H14N2O/c1-7-3-4-9(8(2)5-7)6-10(11)12-13/h3-5,13H,6H2,1-2H3,(H2,11,12). The average molecular weight is 178 g/mol. The second kappa shape index (κ2) is 3.94. The van der Waals surface area contributed by atoms with E-state index >= 15 is 0 Å². The Morgan fingerprint density at radius 1 is 1.46 bits per heavy atom. The minimum Gasteiger partial charge on any atom is -0.409 e. The molecular formula is C10H14N2O. The first-order valence-electron chi connectivity index (χ1n) is 4.16. The van der Waals surface area contributed by atoms with Crippen LogP contribution in [0.25, 0.3) is 0 Å². The monoisotopic (exact) mass is 178 g/mol. The van der Waals surface area contributed by atoms with Gasteiger partial charge in [-0.25, -0.2) is 0 Å². The highest BCUT2D eigenvalue weighted by molar-refractivity contribution is 5.82. The van der Waals surface area contributed by atoms with Crippen LogP contribution in [-0.4, -0.2) is 11.0 Å². The number of hydrogen-bond donors (Lipinski definition) is 2. The molecule has 0 atom stereocenters. The molecular weight excluding hydrogens is 164 g/mol. The molecule has 0 aliphatic rings. The summed E-state index contributed by atoms with van der Waals surface area (Å²) in [6.45, 7) is 4.06. The molecule has 0 aromatic heterocycles. The highest BCUT2D eigenvalue weighted by atomic mass is 16.4. The van der Waals surface area contributed by atoms with E-state index in [-0.39, 0.29) is 5.84 Å². The zero-order valence-electron chi connectivity index (χ0n) is 7.91. The van der Waals surface area contributed by atoms with Crippen molar-refractivity contribution >= 4 is 5.84 Å². The van der Waals surface area contributed by atoms with E-state index < -0.39 is 0 Å². The van der Waals surface area contributed by atoms with Crippen molar-refractivity contribution in [2.24, 2.45) is 10.9 Å². The Labute approximate surface area is 77.9 Å². The molecule has 13 heavy (non-hydrogen) atoms. The Bertz CT molecular complexity index is 332. The van der Waals surface area contributed by atoms with Crippen molar-refractivity contribution in [2.45, 2.75) is 20.3 Å². The van der Waals surface area contributed by atoms with Crippen LogP contribution in [0.15, 0.2) is 23.4 Å². The molecule has 0 spiro atoms. The van der Waals surface area contributed by atoms with Crippen LogP contribution in [0.4, 0.5) is 0 Å². The summed E-state index contributed by atoms with van der Waals surface area (Å²) in [5.74, 6) is 0.243. The maximum atomic E-state index is 8.40. The van der Waals surface area contributed by atoms with Crippen molar-refractivity contribution in [2.75, 3.05) is 0 Å². The maximum Gasteiger partial charge on any atom is 0.143 e. The quantitative estimate of drug-likeness (QED) is 0.313. The first-order chi connectivity index (χ1) is 6.13. The third kappa shape index (κ3) is 2.47. The summed E-state index contributed by atoms with van der Waals surface area (Å²) in [6, 6.07) is 6.11. The van der Waals surface area contributed by atoms with E-state index in [0.29, 0.717) is 6.42 Å². The van der Waals surface area contributed by atoms with Crippen LogP contribution >= 0.6 is 0 Å². The van der Waals surface area contributed by atoms with E-state index in [0.717, 1.165) is 5.56 Å². The van der Waals surface area contributed by atoms with Gasteiger partial charge in [0.25, 0.3) is 0 Å². The minimum atomic E-state index is 0.243. The average Bonchev–Trinajstić information content (AvgIpc) is 2.09. The van der Waals surface area contributed by atoms with Crippen LogP contribution < -0.4 is 5.73 Å².